The minimum absolute atomic E-state index is 0.107. The molecule has 1 aliphatic rings. The molecule has 2 aromatic carbocycles. The SMILES string of the molecule is CN(C)S(=O)(=O)c1ccc(NC(=O)[C@@H]2COc3ccccc3O2)cc1. The van der Waals surface area contributed by atoms with E-state index >= 15 is 0 Å². The second-order valence-corrected chi connectivity index (χ2v) is 7.82. The summed E-state index contributed by atoms with van der Waals surface area (Å²) in [5.74, 6) is 0.754. The summed E-state index contributed by atoms with van der Waals surface area (Å²) >= 11 is 0. The van der Waals surface area contributed by atoms with E-state index in [-0.39, 0.29) is 17.4 Å². The zero-order valence-electron chi connectivity index (χ0n) is 13.8. The van der Waals surface area contributed by atoms with E-state index in [0.29, 0.717) is 17.2 Å². The average Bonchev–Trinajstić information content (AvgIpc) is 2.61. The second kappa shape index (κ2) is 6.73. The van der Waals surface area contributed by atoms with Crippen LogP contribution in [0.1, 0.15) is 0 Å². The smallest absolute Gasteiger partial charge is 0.269 e. The topological polar surface area (TPSA) is 84.9 Å². The Morgan fingerprint density at radius 1 is 1.08 bits per heavy atom. The molecule has 132 valence electrons. The maximum Gasteiger partial charge on any atom is 0.269 e. The largest absolute Gasteiger partial charge is 0.485 e. The fourth-order valence-electron chi connectivity index (χ4n) is 2.29. The van der Waals surface area contributed by atoms with Gasteiger partial charge < -0.3 is 14.8 Å². The number of fused-ring (bicyclic) bond motifs is 1. The van der Waals surface area contributed by atoms with E-state index in [0.717, 1.165) is 4.31 Å². The Hall–Kier alpha value is -2.58. The van der Waals surface area contributed by atoms with Crippen LogP contribution >= 0.6 is 0 Å². The number of nitrogens with one attached hydrogen (secondary N) is 1. The van der Waals surface area contributed by atoms with Gasteiger partial charge in [-0.15, -0.1) is 0 Å². The molecule has 0 aliphatic carbocycles. The molecule has 25 heavy (non-hydrogen) atoms. The summed E-state index contributed by atoms with van der Waals surface area (Å²) < 4.78 is 36.3. The van der Waals surface area contributed by atoms with Crippen molar-refractivity contribution < 1.29 is 22.7 Å². The van der Waals surface area contributed by atoms with E-state index in [2.05, 4.69) is 5.32 Å². The van der Waals surface area contributed by atoms with Crippen molar-refractivity contribution in [2.75, 3.05) is 26.0 Å². The van der Waals surface area contributed by atoms with Crippen molar-refractivity contribution in [3.8, 4) is 11.5 Å². The van der Waals surface area contributed by atoms with Crippen LogP contribution in [0.3, 0.4) is 0 Å². The Morgan fingerprint density at radius 3 is 2.36 bits per heavy atom. The molecule has 1 aliphatic heterocycles. The predicted octanol–water partition coefficient (Wildman–Crippen LogP) is 1.72. The number of nitrogens with zero attached hydrogens (tertiary/aromatic N) is 1. The highest BCUT2D eigenvalue weighted by atomic mass is 32.2. The number of amides is 1. The van der Waals surface area contributed by atoms with Crippen molar-refractivity contribution in [2.24, 2.45) is 0 Å². The molecule has 2 aromatic rings. The van der Waals surface area contributed by atoms with Crippen LogP contribution in [0.2, 0.25) is 0 Å². The summed E-state index contributed by atoms with van der Waals surface area (Å²) in [4.78, 5) is 12.5. The molecule has 1 amide bonds. The number of anilines is 1. The second-order valence-electron chi connectivity index (χ2n) is 5.67. The van der Waals surface area contributed by atoms with Gasteiger partial charge in [0.15, 0.2) is 11.5 Å². The number of carbonyl (C=O) groups excluding carboxylic acids is 1. The number of hydrogen-bond acceptors (Lipinski definition) is 5. The molecular weight excluding hydrogens is 344 g/mol. The number of para-hydroxylation sites is 2. The monoisotopic (exact) mass is 362 g/mol. The van der Waals surface area contributed by atoms with Crippen molar-refractivity contribution in [3.63, 3.8) is 0 Å². The highest BCUT2D eigenvalue weighted by Gasteiger charge is 2.27. The molecule has 0 spiro atoms. The normalized spacial score (nSPS) is 16.5. The van der Waals surface area contributed by atoms with Crippen LogP contribution in [-0.2, 0) is 14.8 Å². The van der Waals surface area contributed by atoms with Gasteiger partial charge in [-0.2, -0.15) is 0 Å². The molecule has 0 fully saturated rings. The van der Waals surface area contributed by atoms with Gasteiger partial charge in [0.05, 0.1) is 4.90 Å². The number of hydrogen-bond donors (Lipinski definition) is 1. The van der Waals surface area contributed by atoms with Gasteiger partial charge in [-0.05, 0) is 36.4 Å². The molecule has 0 bridgehead atoms. The first-order chi connectivity index (χ1) is 11.9. The Bertz CT molecular complexity index is 878. The quantitative estimate of drug-likeness (QED) is 0.895. The summed E-state index contributed by atoms with van der Waals surface area (Å²) in [7, 11) is -0.577. The van der Waals surface area contributed by atoms with Gasteiger partial charge in [0.2, 0.25) is 16.1 Å². The van der Waals surface area contributed by atoms with E-state index in [1.807, 2.05) is 6.07 Å². The maximum atomic E-state index is 12.3. The zero-order valence-corrected chi connectivity index (χ0v) is 14.6. The van der Waals surface area contributed by atoms with Gasteiger partial charge in [-0.25, -0.2) is 12.7 Å². The van der Waals surface area contributed by atoms with Crippen LogP contribution in [0.5, 0.6) is 11.5 Å². The number of sulfonamides is 1. The van der Waals surface area contributed by atoms with E-state index in [4.69, 9.17) is 9.47 Å². The van der Waals surface area contributed by atoms with Gasteiger partial charge in [-0.3, -0.25) is 4.79 Å². The Kier molecular flexibility index (Phi) is 4.65. The first-order valence-electron chi connectivity index (χ1n) is 7.60. The minimum atomic E-state index is -3.50. The third-order valence-electron chi connectivity index (χ3n) is 3.70. The van der Waals surface area contributed by atoms with Crippen LogP contribution in [0.25, 0.3) is 0 Å². The molecule has 1 atom stereocenters. The number of ether oxygens (including phenoxy) is 2. The average molecular weight is 362 g/mol. The molecular formula is C17H18N2O5S. The Balaban J connectivity index is 1.68. The highest BCUT2D eigenvalue weighted by Crippen LogP contribution is 2.31. The lowest BCUT2D eigenvalue weighted by molar-refractivity contribution is -0.125. The summed E-state index contributed by atoms with van der Waals surface area (Å²) in [6.07, 6.45) is -0.778. The molecule has 0 unspecified atom stereocenters. The third-order valence-corrected chi connectivity index (χ3v) is 5.53. The van der Waals surface area contributed by atoms with Crippen LogP contribution in [0.15, 0.2) is 53.4 Å². The Morgan fingerprint density at radius 2 is 1.72 bits per heavy atom. The highest BCUT2D eigenvalue weighted by molar-refractivity contribution is 7.89. The molecule has 0 radical (unpaired) electrons. The standard InChI is InChI=1S/C17H18N2O5S/c1-19(2)25(21,22)13-9-7-12(8-10-13)18-17(20)16-11-23-14-5-3-4-6-15(14)24-16/h3-10,16H,11H2,1-2H3,(H,18,20)/t16-/m0/s1. The van der Waals surface area contributed by atoms with E-state index in [1.165, 1.54) is 38.4 Å². The number of benzene rings is 2. The molecule has 0 saturated carbocycles. The van der Waals surface area contributed by atoms with Crippen molar-refractivity contribution in [3.05, 3.63) is 48.5 Å². The van der Waals surface area contributed by atoms with Gasteiger partial charge >= 0.3 is 0 Å². The fourth-order valence-corrected chi connectivity index (χ4v) is 3.19. The molecule has 3 rings (SSSR count). The molecule has 0 aromatic heterocycles. The van der Waals surface area contributed by atoms with E-state index in [9.17, 15) is 13.2 Å². The zero-order chi connectivity index (χ0) is 18.0. The lowest BCUT2D eigenvalue weighted by atomic mass is 10.2. The predicted molar refractivity (Wildman–Crippen MR) is 92.3 cm³/mol. The van der Waals surface area contributed by atoms with Crippen molar-refractivity contribution >= 4 is 21.6 Å². The van der Waals surface area contributed by atoms with Crippen molar-refractivity contribution in [1.29, 1.82) is 0 Å². The van der Waals surface area contributed by atoms with Crippen LogP contribution in [-0.4, -0.2) is 45.4 Å². The first kappa shape index (κ1) is 17.2. The molecule has 7 nitrogen and oxygen atoms in total. The van der Waals surface area contributed by atoms with Crippen LogP contribution < -0.4 is 14.8 Å². The maximum absolute atomic E-state index is 12.3. The molecule has 0 saturated heterocycles. The number of rotatable bonds is 4. The lowest BCUT2D eigenvalue weighted by Gasteiger charge is -2.25. The fraction of sp³-hybridized carbons (Fsp3) is 0.235. The van der Waals surface area contributed by atoms with E-state index in [1.54, 1.807) is 18.2 Å². The first-order valence-corrected chi connectivity index (χ1v) is 9.04. The van der Waals surface area contributed by atoms with Gasteiger partial charge in [0.25, 0.3) is 5.91 Å². The third kappa shape index (κ3) is 3.59. The van der Waals surface area contributed by atoms with E-state index < -0.39 is 16.1 Å². The summed E-state index contributed by atoms with van der Waals surface area (Å²) in [6.45, 7) is 0.107. The number of carbonyl (C=O) groups is 1. The summed E-state index contributed by atoms with van der Waals surface area (Å²) in [5, 5.41) is 2.70. The Labute approximate surface area is 146 Å². The molecule has 8 heteroatoms. The van der Waals surface area contributed by atoms with Crippen molar-refractivity contribution in [1.82, 2.24) is 4.31 Å². The lowest BCUT2D eigenvalue weighted by Crippen LogP contribution is -2.40. The molecule has 1 heterocycles. The minimum Gasteiger partial charge on any atom is -0.485 e. The van der Waals surface area contributed by atoms with Crippen molar-refractivity contribution in [2.45, 2.75) is 11.0 Å². The van der Waals surface area contributed by atoms with Crippen LogP contribution in [0.4, 0.5) is 5.69 Å². The summed E-state index contributed by atoms with van der Waals surface area (Å²) in [6, 6.07) is 13.1. The van der Waals surface area contributed by atoms with Gasteiger partial charge in [0, 0.05) is 19.8 Å². The van der Waals surface area contributed by atoms with Gasteiger partial charge in [-0.1, -0.05) is 12.1 Å². The van der Waals surface area contributed by atoms with Gasteiger partial charge in [0.1, 0.15) is 6.61 Å². The van der Waals surface area contributed by atoms with Crippen LogP contribution in [0, 0.1) is 0 Å². The summed E-state index contributed by atoms with van der Waals surface area (Å²) in [5.41, 5.74) is 0.477. The molecule has 1 N–H and O–H groups in total.